The summed E-state index contributed by atoms with van der Waals surface area (Å²) in [5, 5.41) is 17.8. The third-order valence-electron chi connectivity index (χ3n) is 2.68. The molecule has 0 saturated heterocycles. The molecule has 0 radical (unpaired) electrons. The summed E-state index contributed by atoms with van der Waals surface area (Å²) in [4.78, 5) is 14.0. The van der Waals surface area contributed by atoms with Gasteiger partial charge in [0.2, 0.25) is 0 Å². The zero-order valence-electron chi connectivity index (χ0n) is 11.3. The molecule has 0 atom stereocenters. The largest absolute Gasteiger partial charge is 0.395 e. The third-order valence-corrected chi connectivity index (χ3v) is 2.68. The highest BCUT2D eigenvalue weighted by atomic mass is 16.3. The monoisotopic (exact) mass is 261 g/mol. The maximum absolute atomic E-state index is 12.4. The average molecular weight is 261 g/mol. The Balaban J connectivity index is 3.10. The van der Waals surface area contributed by atoms with Crippen LogP contribution < -0.4 is 0 Å². The Morgan fingerprint density at radius 3 is 2.58 bits per heavy atom. The van der Waals surface area contributed by atoms with E-state index in [1.807, 2.05) is 13.8 Å². The van der Waals surface area contributed by atoms with E-state index in [2.05, 4.69) is 11.8 Å². The second-order valence-corrected chi connectivity index (χ2v) is 4.32. The van der Waals surface area contributed by atoms with Gasteiger partial charge in [0.1, 0.15) is 6.61 Å². The Bertz CT molecular complexity index is 486. The molecule has 19 heavy (non-hydrogen) atoms. The average Bonchev–Trinajstić information content (AvgIpc) is 2.41. The Morgan fingerprint density at radius 2 is 2.00 bits per heavy atom. The molecule has 0 heterocycles. The lowest BCUT2D eigenvalue weighted by Crippen LogP contribution is -2.39. The molecule has 2 N–H and O–H groups in total. The predicted octanol–water partition coefficient (Wildman–Crippen LogP) is 0.873. The molecule has 0 aliphatic heterocycles. The van der Waals surface area contributed by atoms with Crippen molar-refractivity contribution in [3.63, 3.8) is 0 Å². The quantitative estimate of drug-likeness (QED) is 0.791. The number of hydrogen-bond acceptors (Lipinski definition) is 3. The molecule has 0 aromatic heterocycles. The first-order valence-corrected chi connectivity index (χ1v) is 6.22. The maximum Gasteiger partial charge on any atom is 0.255 e. The van der Waals surface area contributed by atoms with E-state index in [0.717, 1.165) is 0 Å². The van der Waals surface area contributed by atoms with Crippen molar-refractivity contribution in [2.75, 3.05) is 19.8 Å². The third kappa shape index (κ3) is 4.09. The van der Waals surface area contributed by atoms with Gasteiger partial charge in [-0.05, 0) is 26.0 Å². The Morgan fingerprint density at radius 1 is 1.32 bits per heavy atom. The molecule has 1 amide bonds. The van der Waals surface area contributed by atoms with Crippen LogP contribution in [0.5, 0.6) is 0 Å². The van der Waals surface area contributed by atoms with Crippen molar-refractivity contribution in [3.8, 4) is 11.8 Å². The first kappa shape index (κ1) is 15.2. The van der Waals surface area contributed by atoms with Crippen LogP contribution in [0.4, 0.5) is 0 Å². The van der Waals surface area contributed by atoms with Gasteiger partial charge in [-0.15, -0.1) is 0 Å². The highest BCUT2D eigenvalue weighted by Crippen LogP contribution is 2.13. The van der Waals surface area contributed by atoms with E-state index in [1.54, 1.807) is 29.2 Å². The molecule has 4 nitrogen and oxygen atoms in total. The minimum Gasteiger partial charge on any atom is -0.395 e. The van der Waals surface area contributed by atoms with Crippen LogP contribution in [0.3, 0.4) is 0 Å². The summed E-state index contributed by atoms with van der Waals surface area (Å²) >= 11 is 0. The van der Waals surface area contributed by atoms with Crippen LogP contribution in [-0.4, -0.2) is 46.8 Å². The van der Waals surface area contributed by atoms with Gasteiger partial charge in [-0.2, -0.15) is 0 Å². The first-order chi connectivity index (χ1) is 9.11. The summed E-state index contributed by atoms with van der Waals surface area (Å²) in [5.41, 5.74) is 1.08. The minimum atomic E-state index is -0.243. The van der Waals surface area contributed by atoms with Crippen LogP contribution in [0.2, 0.25) is 0 Å². The molecular formula is C15H19NO3. The second-order valence-electron chi connectivity index (χ2n) is 4.32. The van der Waals surface area contributed by atoms with E-state index in [0.29, 0.717) is 11.1 Å². The fourth-order valence-electron chi connectivity index (χ4n) is 1.77. The van der Waals surface area contributed by atoms with Crippen LogP contribution >= 0.6 is 0 Å². The van der Waals surface area contributed by atoms with E-state index in [4.69, 9.17) is 10.2 Å². The molecule has 0 aliphatic rings. The first-order valence-electron chi connectivity index (χ1n) is 6.22. The summed E-state index contributed by atoms with van der Waals surface area (Å²) < 4.78 is 0. The lowest BCUT2D eigenvalue weighted by molar-refractivity contribution is 0.0665. The molecule has 0 aliphatic carbocycles. The summed E-state index contributed by atoms with van der Waals surface area (Å²) in [5.74, 6) is 5.15. The van der Waals surface area contributed by atoms with Gasteiger partial charge in [0, 0.05) is 18.2 Å². The summed E-state index contributed by atoms with van der Waals surface area (Å²) in [6.45, 7) is 3.77. The van der Waals surface area contributed by atoms with E-state index in [1.165, 1.54) is 0 Å². The van der Waals surface area contributed by atoms with Crippen molar-refractivity contribution < 1.29 is 15.0 Å². The molecule has 1 aromatic carbocycles. The van der Waals surface area contributed by atoms with Gasteiger partial charge in [-0.3, -0.25) is 4.79 Å². The number of rotatable bonds is 4. The van der Waals surface area contributed by atoms with Crippen molar-refractivity contribution in [1.29, 1.82) is 0 Å². The predicted molar refractivity (Wildman–Crippen MR) is 73.7 cm³/mol. The van der Waals surface area contributed by atoms with Crippen LogP contribution in [-0.2, 0) is 0 Å². The second kappa shape index (κ2) is 7.57. The number of hydrogen-bond donors (Lipinski definition) is 2. The lowest BCUT2D eigenvalue weighted by atomic mass is 10.1. The van der Waals surface area contributed by atoms with Crippen molar-refractivity contribution in [2.24, 2.45) is 0 Å². The van der Waals surface area contributed by atoms with Gasteiger partial charge in [0.05, 0.1) is 12.2 Å². The lowest BCUT2D eigenvalue weighted by Gasteiger charge is -2.26. The molecule has 0 spiro atoms. The molecule has 0 unspecified atom stereocenters. The Kier molecular flexibility index (Phi) is 6.07. The number of benzene rings is 1. The van der Waals surface area contributed by atoms with Gasteiger partial charge in [0.15, 0.2) is 0 Å². The van der Waals surface area contributed by atoms with Crippen molar-refractivity contribution in [3.05, 3.63) is 35.4 Å². The van der Waals surface area contributed by atoms with Crippen LogP contribution in [0.1, 0.15) is 29.8 Å². The minimum absolute atomic E-state index is 0.00138. The van der Waals surface area contributed by atoms with Gasteiger partial charge in [-0.1, -0.05) is 24.0 Å². The smallest absolute Gasteiger partial charge is 0.255 e. The maximum atomic E-state index is 12.4. The summed E-state index contributed by atoms with van der Waals surface area (Å²) in [6, 6.07) is 7.02. The fourth-order valence-corrected chi connectivity index (χ4v) is 1.77. The fraction of sp³-hybridized carbons (Fsp3) is 0.400. The van der Waals surface area contributed by atoms with Crippen molar-refractivity contribution >= 4 is 5.91 Å². The van der Waals surface area contributed by atoms with Crippen LogP contribution in [0.25, 0.3) is 0 Å². The standard InChI is InChI=1S/C15H19NO3/c1-12(2)16(9-11-18)15(19)14-8-4-3-6-13(14)7-5-10-17/h3-4,6,8,12,17-18H,9-11H2,1-2H3. The highest BCUT2D eigenvalue weighted by Gasteiger charge is 2.19. The van der Waals surface area contributed by atoms with Crippen molar-refractivity contribution in [2.45, 2.75) is 19.9 Å². The Labute approximate surface area is 113 Å². The van der Waals surface area contributed by atoms with Gasteiger partial charge in [-0.25, -0.2) is 0 Å². The summed E-state index contributed by atoms with van der Waals surface area (Å²) in [6.07, 6.45) is 0. The van der Waals surface area contributed by atoms with E-state index in [-0.39, 0.29) is 31.7 Å². The molecule has 4 heteroatoms. The highest BCUT2D eigenvalue weighted by molar-refractivity contribution is 5.96. The number of aliphatic hydroxyl groups excluding tert-OH is 2. The number of carbonyl (C=O) groups is 1. The molecule has 1 rings (SSSR count). The van der Waals surface area contributed by atoms with E-state index < -0.39 is 0 Å². The number of nitrogens with zero attached hydrogens (tertiary/aromatic N) is 1. The van der Waals surface area contributed by atoms with Crippen molar-refractivity contribution in [1.82, 2.24) is 4.90 Å². The topological polar surface area (TPSA) is 60.8 Å². The van der Waals surface area contributed by atoms with E-state index >= 15 is 0 Å². The molecule has 0 fully saturated rings. The van der Waals surface area contributed by atoms with Crippen LogP contribution in [0, 0.1) is 11.8 Å². The van der Waals surface area contributed by atoms with Crippen LogP contribution in [0.15, 0.2) is 24.3 Å². The normalized spacial score (nSPS) is 9.95. The molecular weight excluding hydrogens is 242 g/mol. The number of amides is 1. The number of aliphatic hydroxyl groups is 2. The SMILES string of the molecule is CC(C)N(CCO)C(=O)c1ccccc1C#CCO. The zero-order chi connectivity index (χ0) is 14.3. The van der Waals surface area contributed by atoms with E-state index in [9.17, 15) is 4.79 Å². The molecule has 0 bridgehead atoms. The molecule has 1 aromatic rings. The molecule has 0 saturated carbocycles. The Hall–Kier alpha value is -1.83. The number of carbonyl (C=O) groups excluding carboxylic acids is 1. The van der Waals surface area contributed by atoms with Gasteiger partial charge < -0.3 is 15.1 Å². The molecule has 102 valence electrons. The summed E-state index contributed by atoms with van der Waals surface area (Å²) in [7, 11) is 0. The van der Waals surface area contributed by atoms with Gasteiger partial charge in [0.25, 0.3) is 5.91 Å². The zero-order valence-corrected chi connectivity index (χ0v) is 11.3. The van der Waals surface area contributed by atoms with Gasteiger partial charge >= 0.3 is 0 Å².